The Morgan fingerprint density at radius 1 is 1.50 bits per heavy atom. The molecule has 0 bridgehead atoms. The van der Waals surface area contributed by atoms with E-state index in [0.717, 1.165) is 0 Å². The van der Waals surface area contributed by atoms with Crippen molar-refractivity contribution in [2.45, 2.75) is 0 Å². The molecule has 0 fully saturated rings. The molecule has 0 unspecified atom stereocenters. The van der Waals surface area contributed by atoms with Crippen LogP contribution in [0.2, 0.25) is 0 Å². The standard InChI is InChI=1S/C6H8ClN3O3S/c7-3-4-14(12,13)10-5-1-2-6(11)9-8-5/h1-2H,3-4H2,(H,8,10)(H,9,11). The topological polar surface area (TPSA) is 91.9 Å². The predicted octanol–water partition coefficient (Wildman–Crippen LogP) is -0.250. The van der Waals surface area contributed by atoms with Gasteiger partial charge in [0.2, 0.25) is 10.0 Å². The van der Waals surface area contributed by atoms with Gasteiger partial charge < -0.3 is 0 Å². The van der Waals surface area contributed by atoms with E-state index in [2.05, 4.69) is 14.9 Å². The van der Waals surface area contributed by atoms with E-state index in [4.69, 9.17) is 11.6 Å². The molecular formula is C6H8ClN3O3S. The Bertz CT molecular complexity index is 435. The summed E-state index contributed by atoms with van der Waals surface area (Å²) in [7, 11) is -3.46. The zero-order valence-corrected chi connectivity index (χ0v) is 8.60. The lowest BCUT2D eigenvalue weighted by molar-refractivity contribution is 0.602. The summed E-state index contributed by atoms with van der Waals surface area (Å²) in [5.41, 5.74) is -0.398. The van der Waals surface area contributed by atoms with Crippen LogP contribution < -0.4 is 10.3 Å². The number of hydrogen-bond donors (Lipinski definition) is 2. The number of anilines is 1. The minimum Gasteiger partial charge on any atom is -0.268 e. The third-order valence-corrected chi connectivity index (χ3v) is 2.96. The van der Waals surface area contributed by atoms with E-state index in [9.17, 15) is 13.2 Å². The number of aromatic amines is 1. The number of sulfonamides is 1. The van der Waals surface area contributed by atoms with Gasteiger partial charge in [0, 0.05) is 11.9 Å². The van der Waals surface area contributed by atoms with E-state index in [-0.39, 0.29) is 17.5 Å². The molecule has 0 amide bonds. The lowest BCUT2D eigenvalue weighted by Crippen LogP contribution is -2.19. The molecule has 0 aromatic carbocycles. The van der Waals surface area contributed by atoms with Crippen LogP contribution >= 0.6 is 11.6 Å². The molecule has 0 aliphatic heterocycles. The largest absolute Gasteiger partial charge is 0.268 e. The molecule has 2 N–H and O–H groups in total. The molecule has 0 saturated carbocycles. The minimum absolute atomic E-state index is 0.00130. The molecule has 0 atom stereocenters. The van der Waals surface area contributed by atoms with Crippen molar-refractivity contribution in [3.8, 4) is 0 Å². The molecule has 0 radical (unpaired) electrons. The number of H-pyrrole nitrogens is 1. The van der Waals surface area contributed by atoms with Crippen LogP contribution in [0.25, 0.3) is 0 Å². The number of halogens is 1. The van der Waals surface area contributed by atoms with Crippen molar-refractivity contribution in [3.63, 3.8) is 0 Å². The summed E-state index contributed by atoms with van der Waals surface area (Å²) in [6.45, 7) is 0. The van der Waals surface area contributed by atoms with E-state index in [0.29, 0.717) is 0 Å². The second-order valence-electron chi connectivity index (χ2n) is 2.42. The average Bonchev–Trinajstić information content (AvgIpc) is 2.08. The minimum atomic E-state index is -3.46. The van der Waals surface area contributed by atoms with Gasteiger partial charge in [-0.1, -0.05) is 0 Å². The molecule has 1 aromatic rings. The molecule has 8 heteroatoms. The fourth-order valence-corrected chi connectivity index (χ4v) is 2.06. The molecule has 0 saturated heterocycles. The van der Waals surface area contributed by atoms with Crippen LogP contribution in [0.3, 0.4) is 0 Å². The van der Waals surface area contributed by atoms with E-state index < -0.39 is 15.6 Å². The second-order valence-corrected chi connectivity index (χ2v) is 4.64. The molecule has 78 valence electrons. The van der Waals surface area contributed by atoms with Crippen molar-refractivity contribution in [3.05, 3.63) is 22.5 Å². The van der Waals surface area contributed by atoms with E-state index in [1.165, 1.54) is 12.1 Å². The monoisotopic (exact) mass is 237 g/mol. The van der Waals surface area contributed by atoms with Gasteiger partial charge in [-0.25, -0.2) is 13.5 Å². The Hall–Kier alpha value is -1.08. The third-order valence-electron chi connectivity index (χ3n) is 1.29. The molecular weight excluding hydrogens is 230 g/mol. The number of aromatic nitrogens is 2. The summed E-state index contributed by atoms with van der Waals surface area (Å²) >= 11 is 5.28. The van der Waals surface area contributed by atoms with Gasteiger partial charge in [0.05, 0.1) is 5.75 Å². The highest BCUT2D eigenvalue weighted by atomic mass is 35.5. The number of nitrogens with zero attached hydrogens (tertiary/aromatic N) is 1. The highest BCUT2D eigenvalue weighted by Crippen LogP contribution is 2.01. The van der Waals surface area contributed by atoms with Gasteiger partial charge in [-0.2, -0.15) is 5.10 Å². The zero-order valence-electron chi connectivity index (χ0n) is 7.03. The maximum Gasteiger partial charge on any atom is 0.264 e. The van der Waals surface area contributed by atoms with Gasteiger partial charge in [-0.3, -0.25) is 9.52 Å². The summed E-state index contributed by atoms with van der Waals surface area (Å²) in [4.78, 5) is 10.6. The smallest absolute Gasteiger partial charge is 0.264 e. The summed E-state index contributed by atoms with van der Waals surface area (Å²) in [6.07, 6.45) is 0. The first-order valence-electron chi connectivity index (χ1n) is 3.66. The van der Waals surface area contributed by atoms with Crippen LogP contribution in [0.4, 0.5) is 5.82 Å². The Morgan fingerprint density at radius 3 is 2.71 bits per heavy atom. The van der Waals surface area contributed by atoms with Crippen molar-refractivity contribution in [1.29, 1.82) is 0 Å². The molecule has 14 heavy (non-hydrogen) atoms. The van der Waals surface area contributed by atoms with Crippen LogP contribution in [0, 0.1) is 0 Å². The normalized spacial score (nSPS) is 11.2. The molecule has 0 spiro atoms. The summed E-state index contributed by atoms with van der Waals surface area (Å²) in [6, 6.07) is 2.44. The number of hydrogen-bond acceptors (Lipinski definition) is 4. The summed E-state index contributed by atoms with van der Waals surface area (Å²) < 4.78 is 24.5. The molecule has 0 aliphatic rings. The van der Waals surface area contributed by atoms with Gasteiger partial charge >= 0.3 is 0 Å². The Kier molecular flexibility index (Phi) is 3.48. The van der Waals surface area contributed by atoms with Crippen molar-refractivity contribution >= 4 is 27.4 Å². The Morgan fingerprint density at radius 2 is 2.21 bits per heavy atom. The van der Waals surface area contributed by atoms with Crippen molar-refractivity contribution in [1.82, 2.24) is 10.2 Å². The van der Waals surface area contributed by atoms with E-state index in [1.807, 2.05) is 0 Å². The second kappa shape index (κ2) is 4.43. The van der Waals surface area contributed by atoms with E-state index >= 15 is 0 Å². The van der Waals surface area contributed by atoms with Gasteiger partial charge in [-0.15, -0.1) is 11.6 Å². The summed E-state index contributed by atoms with van der Waals surface area (Å²) in [5, 5.41) is 5.57. The summed E-state index contributed by atoms with van der Waals surface area (Å²) in [5.74, 6) is -0.136. The highest BCUT2D eigenvalue weighted by molar-refractivity contribution is 7.92. The molecule has 1 heterocycles. The van der Waals surface area contributed by atoms with Crippen molar-refractivity contribution in [2.24, 2.45) is 0 Å². The average molecular weight is 238 g/mol. The van der Waals surface area contributed by atoms with Gasteiger partial charge in [0.15, 0.2) is 5.82 Å². The quantitative estimate of drug-likeness (QED) is 0.707. The Balaban J connectivity index is 2.79. The third kappa shape index (κ3) is 3.35. The molecule has 1 aromatic heterocycles. The van der Waals surface area contributed by atoms with Gasteiger partial charge in [0.25, 0.3) is 5.56 Å². The molecule has 1 rings (SSSR count). The van der Waals surface area contributed by atoms with Crippen LogP contribution in [-0.4, -0.2) is 30.2 Å². The lowest BCUT2D eigenvalue weighted by Gasteiger charge is -2.03. The molecule has 6 nitrogen and oxygen atoms in total. The van der Waals surface area contributed by atoms with Crippen LogP contribution in [0.15, 0.2) is 16.9 Å². The van der Waals surface area contributed by atoms with Crippen LogP contribution in [0.1, 0.15) is 0 Å². The predicted molar refractivity (Wildman–Crippen MR) is 53.0 cm³/mol. The van der Waals surface area contributed by atoms with Crippen molar-refractivity contribution < 1.29 is 8.42 Å². The SMILES string of the molecule is O=c1ccc(NS(=O)(=O)CCCl)n[nH]1. The molecule has 0 aliphatic carbocycles. The van der Waals surface area contributed by atoms with Gasteiger partial charge in [-0.05, 0) is 6.07 Å². The first-order chi connectivity index (χ1) is 6.53. The number of nitrogens with one attached hydrogen (secondary N) is 2. The fourth-order valence-electron chi connectivity index (χ4n) is 0.713. The van der Waals surface area contributed by atoms with Gasteiger partial charge in [0.1, 0.15) is 0 Å². The highest BCUT2D eigenvalue weighted by Gasteiger charge is 2.09. The van der Waals surface area contributed by atoms with Crippen LogP contribution in [0.5, 0.6) is 0 Å². The number of rotatable bonds is 4. The first kappa shape index (κ1) is 11.0. The Labute approximate surface area is 85.3 Å². The fraction of sp³-hybridized carbons (Fsp3) is 0.333. The number of alkyl halides is 1. The maximum atomic E-state index is 11.2. The van der Waals surface area contributed by atoms with E-state index in [1.54, 1.807) is 0 Å². The van der Waals surface area contributed by atoms with Crippen LogP contribution in [-0.2, 0) is 10.0 Å². The van der Waals surface area contributed by atoms with Crippen molar-refractivity contribution in [2.75, 3.05) is 16.4 Å². The zero-order chi connectivity index (χ0) is 10.6. The lowest BCUT2D eigenvalue weighted by atomic mass is 10.5. The maximum absolute atomic E-state index is 11.2. The first-order valence-corrected chi connectivity index (χ1v) is 5.84.